The minimum atomic E-state index is -0.852. The van der Waals surface area contributed by atoms with Gasteiger partial charge in [-0.05, 0) is 57.8 Å². The fraction of sp³-hybridized carbons (Fsp3) is 0.903. The van der Waals surface area contributed by atoms with E-state index in [-0.39, 0.29) is 18.5 Å². The van der Waals surface area contributed by atoms with E-state index >= 15 is 0 Å². The lowest BCUT2D eigenvalue weighted by atomic mass is 10.0. The largest absolute Gasteiger partial charge is 0.466 e. The van der Waals surface area contributed by atoms with Crippen LogP contribution in [0.5, 0.6) is 0 Å². The number of rotatable bonds is 57. The van der Waals surface area contributed by atoms with Crippen molar-refractivity contribution in [3.05, 3.63) is 24.3 Å². The maximum Gasteiger partial charge on any atom is 0.305 e. The first-order valence-electron chi connectivity index (χ1n) is 30.6. The molecule has 402 valence electrons. The quantitative estimate of drug-likeness (QED) is 0.0321. The van der Waals surface area contributed by atoms with Crippen molar-refractivity contribution in [1.29, 1.82) is 0 Å². The van der Waals surface area contributed by atoms with Crippen LogP contribution in [-0.4, -0.2) is 47.4 Å². The fourth-order valence-corrected chi connectivity index (χ4v) is 9.51. The Bertz CT molecular complexity index is 1060. The monoisotopic (exact) mass is 958 g/mol. The van der Waals surface area contributed by atoms with Gasteiger partial charge in [0.1, 0.15) is 0 Å². The zero-order valence-electron chi connectivity index (χ0n) is 45.9. The second kappa shape index (κ2) is 57.9. The van der Waals surface area contributed by atoms with Gasteiger partial charge >= 0.3 is 5.97 Å². The molecule has 6 heteroatoms. The normalized spacial score (nSPS) is 12.7. The average Bonchev–Trinajstić information content (AvgIpc) is 3.34. The molecule has 0 rings (SSSR count). The summed E-state index contributed by atoms with van der Waals surface area (Å²) < 4.78 is 5.49. The number of hydrogen-bond donors (Lipinski definition) is 3. The zero-order chi connectivity index (χ0) is 49.3. The van der Waals surface area contributed by atoms with Gasteiger partial charge in [0.05, 0.1) is 25.4 Å². The third-order valence-electron chi connectivity index (χ3n) is 14.2. The summed E-state index contributed by atoms with van der Waals surface area (Å²) in [5, 5.41) is 23.2. The van der Waals surface area contributed by atoms with E-state index < -0.39 is 12.1 Å². The lowest BCUT2D eigenvalue weighted by molar-refractivity contribution is -0.143. The van der Waals surface area contributed by atoms with Crippen LogP contribution in [0.25, 0.3) is 0 Å². The number of amides is 1. The van der Waals surface area contributed by atoms with Crippen LogP contribution >= 0.6 is 0 Å². The molecule has 0 saturated carbocycles. The summed E-state index contributed by atoms with van der Waals surface area (Å²) >= 11 is 0. The van der Waals surface area contributed by atoms with Crippen molar-refractivity contribution in [2.24, 2.45) is 0 Å². The molecule has 0 heterocycles. The highest BCUT2D eigenvalue weighted by Crippen LogP contribution is 2.17. The fourth-order valence-electron chi connectivity index (χ4n) is 9.51. The van der Waals surface area contributed by atoms with E-state index in [1.165, 1.54) is 250 Å². The van der Waals surface area contributed by atoms with Gasteiger partial charge in [0.25, 0.3) is 0 Å². The molecular formula is C62H119NO5. The summed E-state index contributed by atoms with van der Waals surface area (Å²) in [5.41, 5.74) is 0. The standard InChI is InChI=1S/C62H119NO5/c1-3-5-7-9-11-13-15-17-19-21-23-24-26-30-34-38-42-46-50-54-60(65)59(58-64)63-61(66)55-51-47-43-39-35-31-28-29-33-37-41-45-49-53-57-68-62(67)56-52-48-44-40-36-32-27-25-22-20-18-16-14-12-10-8-6-4-2/h20,22,50,54,59-60,64-65H,3-19,21,23-49,51-53,55-58H2,1-2H3,(H,63,66)/b22-20-,54-50+. The van der Waals surface area contributed by atoms with Gasteiger partial charge in [-0.15, -0.1) is 0 Å². The average molecular weight is 959 g/mol. The summed E-state index contributed by atoms with van der Waals surface area (Å²) in [5.74, 6) is -0.0816. The summed E-state index contributed by atoms with van der Waals surface area (Å²) in [4.78, 5) is 24.6. The van der Waals surface area contributed by atoms with E-state index in [0.717, 1.165) is 57.8 Å². The van der Waals surface area contributed by atoms with E-state index in [4.69, 9.17) is 4.74 Å². The van der Waals surface area contributed by atoms with E-state index in [0.29, 0.717) is 19.4 Å². The number of aliphatic hydroxyl groups excluding tert-OH is 2. The molecule has 68 heavy (non-hydrogen) atoms. The van der Waals surface area contributed by atoms with Crippen molar-refractivity contribution in [2.45, 2.75) is 347 Å². The first-order chi connectivity index (χ1) is 33.5. The van der Waals surface area contributed by atoms with Crippen molar-refractivity contribution >= 4 is 11.9 Å². The Morgan fingerprint density at radius 1 is 0.397 bits per heavy atom. The van der Waals surface area contributed by atoms with Gasteiger partial charge in [-0.3, -0.25) is 9.59 Å². The molecule has 0 aliphatic rings. The molecule has 0 aromatic rings. The van der Waals surface area contributed by atoms with Crippen LogP contribution in [0.4, 0.5) is 0 Å². The Balaban J connectivity index is 3.46. The molecule has 0 radical (unpaired) electrons. The topological polar surface area (TPSA) is 95.9 Å². The number of carbonyl (C=O) groups is 2. The Hall–Kier alpha value is -1.66. The summed E-state index contributed by atoms with van der Waals surface area (Å²) in [6, 6.07) is -0.636. The smallest absolute Gasteiger partial charge is 0.305 e. The number of allylic oxidation sites excluding steroid dienone is 3. The number of carbonyl (C=O) groups excluding carboxylic acids is 2. The molecule has 1 amide bonds. The zero-order valence-corrected chi connectivity index (χ0v) is 45.9. The lowest BCUT2D eigenvalue weighted by Gasteiger charge is -2.20. The van der Waals surface area contributed by atoms with E-state index in [9.17, 15) is 19.8 Å². The predicted octanol–water partition coefficient (Wildman–Crippen LogP) is 19.0. The van der Waals surface area contributed by atoms with Crippen LogP contribution in [0.1, 0.15) is 335 Å². The van der Waals surface area contributed by atoms with Crippen molar-refractivity contribution in [2.75, 3.05) is 13.2 Å². The molecule has 6 nitrogen and oxygen atoms in total. The molecule has 2 atom stereocenters. The molecule has 3 N–H and O–H groups in total. The molecule has 0 aromatic heterocycles. The number of aliphatic hydroxyl groups is 2. The highest BCUT2D eigenvalue weighted by atomic mass is 16.5. The highest BCUT2D eigenvalue weighted by molar-refractivity contribution is 5.76. The van der Waals surface area contributed by atoms with E-state index in [2.05, 4.69) is 31.3 Å². The lowest BCUT2D eigenvalue weighted by Crippen LogP contribution is -2.45. The molecular weight excluding hydrogens is 839 g/mol. The van der Waals surface area contributed by atoms with Crippen LogP contribution in [0.2, 0.25) is 0 Å². The van der Waals surface area contributed by atoms with Gasteiger partial charge in [0, 0.05) is 12.8 Å². The Labute approximate surface area is 424 Å². The summed E-state index contributed by atoms with van der Waals surface area (Å²) in [7, 11) is 0. The van der Waals surface area contributed by atoms with Crippen molar-refractivity contribution in [1.82, 2.24) is 5.32 Å². The molecule has 0 saturated heterocycles. The first kappa shape index (κ1) is 66.3. The van der Waals surface area contributed by atoms with Crippen molar-refractivity contribution in [3.8, 4) is 0 Å². The molecule has 0 spiro atoms. The number of nitrogens with one attached hydrogen (secondary N) is 1. The number of unbranched alkanes of at least 4 members (excludes halogenated alkanes) is 44. The third-order valence-corrected chi connectivity index (χ3v) is 14.2. The van der Waals surface area contributed by atoms with Gasteiger partial charge < -0.3 is 20.3 Å². The van der Waals surface area contributed by atoms with E-state index in [1.807, 2.05) is 6.08 Å². The van der Waals surface area contributed by atoms with Gasteiger partial charge in [-0.25, -0.2) is 0 Å². The van der Waals surface area contributed by atoms with Gasteiger partial charge in [0.2, 0.25) is 5.91 Å². The van der Waals surface area contributed by atoms with Crippen LogP contribution in [-0.2, 0) is 14.3 Å². The Kier molecular flexibility index (Phi) is 56.5. The number of hydrogen-bond acceptors (Lipinski definition) is 5. The van der Waals surface area contributed by atoms with E-state index in [1.54, 1.807) is 6.08 Å². The Morgan fingerprint density at radius 3 is 1.04 bits per heavy atom. The highest BCUT2D eigenvalue weighted by Gasteiger charge is 2.18. The first-order valence-corrected chi connectivity index (χ1v) is 30.6. The van der Waals surface area contributed by atoms with Crippen LogP contribution < -0.4 is 5.32 Å². The van der Waals surface area contributed by atoms with Crippen molar-refractivity contribution < 1.29 is 24.5 Å². The molecule has 0 aliphatic heterocycles. The number of esters is 1. The molecule has 0 fully saturated rings. The third kappa shape index (κ3) is 53.7. The SMILES string of the molecule is CCCCCCCCC/C=C\CCCCCCCCCC(=O)OCCCCCCCCCCCCCCCCC(=O)NC(CO)C(O)/C=C/CCCCCCCCCCCCCCCCCCC. The van der Waals surface area contributed by atoms with Crippen molar-refractivity contribution in [3.63, 3.8) is 0 Å². The number of ether oxygens (including phenoxy) is 1. The molecule has 2 unspecified atom stereocenters. The van der Waals surface area contributed by atoms with Crippen LogP contribution in [0, 0.1) is 0 Å². The van der Waals surface area contributed by atoms with Crippen LogP contribution in [0.15, 0.2) is 24.3 Å². The minimum absolute atomic E-state index is 0.00570. The second-order valence-corrected chi connectivity index (χ2v) is 21.0. The maximum atomic E-state index is 12.5. The molecule has 0 bridgehead atoms. The minimum Gasteiger partial charge on any atom is -0.466 e. The summed E-state index contributed by atoms with van der Waals surface area (Å²) in [6.45, 7) is 4.90. The van der Waals surface area contributed by atoms with Crippen LogP contribution in [0.3, 0.4) is 0 Å². The molecule has 0 aliphatic carbocycles. The Morgan fingerprint density at radius 2 is 0.691 bits per heavy atom. The predicted molar refractivity (Wildman–Crippen MR) is 296 cm³/mol. The summed E-state index contributed by atoms with van der Waals surface area (Å²) in [6.07, 6.45) is 70.6. The maximum absolute atomic E-state index is 12.5. The van der Waals surface area contributed by atoms with Gasteiger partial charge in [-0.1, -0.05) is 289 Å². The second-order valence-electron chi connectivity index (χ2n) is 21.0. The van der Waals surface area contributed by atoms with Gasteiger partial charge in [0.15, 0.2) is 0 Å². The van der Waals surface area contributed by atoms with Gasteiger partial charge in [-0.2, -0.15) is 0 Å². The molecule has 0 aromatic carbocycles.